The van der Waals surface area contributed by atoms with Crippen molar-refractivity contribution in [2.45, 2.75) is 25.9 Å². The molecule has 0 aliphatic rings. The molecule has 1 aromatic rings. The summed E-state index contributed by atoms with van der Waals surface area (Å²) in [5, 5.41) is 3.80. The van der Waals surface area contributed by atoms with Crippen LogP contribution in [0.15, 0.2) is 24.3 Å². The maximum atomic E-state index is 10.9. The fourth-order valence-electron chi connectivity index (χ4n) is 1.30. The van der Waals surface area contributed by atoms with Gasteiger partial charge in [0.25, 0.3) is 0 Å². The number of nitrogens with two attached hydrogens (primary N) is 1. The van der Waals surface area contributed by atoms with Gasteiger partial charge < -0.3 is 5.73 Å². The molecule has 3 N–H and O–H groups in total. The Morgan fingerprint density at radius 3 is 2.33 bits per heavy atom. The van der Waals surface area contributed by atoms with Crippen LogP contribution in [0, 0.1) is 0 Å². The quantitative estimate of drug-likeness (QED) is 0.824. The second-order valence-electron chi connectivity index (χ2n) is 3.56. The minimum absolute atomic E-state index is 0.0739. The number of benzene rings is 1. The van der Waals surface area contributed by atoms with Gasteiger partial charge in [0.1, 0.15) is 0 Å². The first kappa shape index (κ1) is 12.0. The molecule has 0 fully saturated rings. The number of primary amides is 1. The lowest BCUT2D eigenvalue weighted by atomic mass is 10.1. The summed E-state index contributed by atoms with van der Waals surface area (Å²) in [6.07, 6.45) is 0. The van der Waals surface area contributed by atoms with Gasteiger partial charge in [0.05, 0.1) is 6.04 Å². The second kappa shape index (κ2) is 5.14. The number of hydrogen-bond acceptors (Lipinski definition) is 2. The lowest BCUT2D eigenvalue weighted by molar-refractivity contribution is -0.119. The van der Waals surface area contributed by atoms with Crippen LogP contribution >= 0.6 is 11.6 Å². The molecule has 2 atom stereocenters. The Balaban J connectivity index is 2.64. The third-order valence-corrected chi connectivity index (χ3v) is 2.55. The molecule has 1 aromatic carbocycles. The predicted molar refractivity (Wildman–Crippen MR) is 61.7 cm³/mol. The summed E-state index contributed by atoms with van der Waals surface area (Å²) in [6, 6.07) is 7.23. The Morgan fingerprint density at radius 1 is 1.33 bits per heavy atom. The minimum Gasteiger partial charge on any atom is -0.368 e. The first-order valence-corrected chi connectivity index (χ1v) is 5.19. The summed E-state index contributed by atoms with van der Waals surface area (Å²) < 4.78 is 0. The van der Waals surface area contributed by atoms with Crippen LogP contribution < -0.4 is 11.1 Å². The molecular formula is C11H15ClN2O. The van der Waals surface area contributed by atoms with E-state index in [4.69, 9.17) is 17.3 Å². The van der Waals surface area contributed by atoms with E-state index in [-0.39, 0.29) is 18.0 Å². The van der Waals surface area contributed by atoms with Crippen LogP contribution in [-0.4, -0.2) is 11.9 Å². The van der Waals surface area contributed by atoms with E-state index in [0.717, 1.165) is 5.56 Å². The summed E-state index contributed by atoms with van der Waals surface area (Å²) in [5.41, 5.74) is 6.24. The lowest BCUT2D eigenvalue weighted by Gasteiger charge is -2.17. The van der Waals surface area contributed by atoms with E-state index < -0.39 is 0 Å². The van der Waals surface area contributed by atoms with Crippen molar-refractivity contribution in [3.8, 4) is 0 Å². The SMILES string of the molecule is C[C@@H](N[C@H](C)c1ccc(Cl)cc1)C(N)=O. The monoisotopic (exact) mass is 226 g/mol. The van der Waals surface area contributed by atoms with Crippen molar-refractivity contribution in [2.24, 2.45) is 5.73 Å². The molecule has 0 aliphatic carbocycles. The van der Waals surface area contributed by atoms with Crippen molar-refractivity contribution in [1.82, 2.24) is 5.32 Å². The van der Waals surface area contributed by atoms with Crippen LogP contribution in [0.1, 0.15) is 25.5 Å². The zero-order valence-electron chi connectivity index (χ0n) is 8.83. The van der Waals surface area contributed by atoms with E-state index in [9.17, 15) is 4.79 Å². The maximum absolute atomic E-state index is 10.9. The molecule has 0 bridgehead atoms. The smallest absolute Gasteiger partial charge is 0.234 e. The van der Waals surface area contributed by atoms with Crippen molar-refractivity contribution >= 4 is 17.5 Å². The zero-order chi connectivity index (χ0) is 11.4. The highest BCUT2D eigenvalue weighted by molar-refractivity contribution is 6.30. The molecule has 1 amide bonds. The van der Waals surface area contributed by atoms with Gasteiger partial charge in [0.2, 0.25) is 5.91 Å². The molecule has 0 heterocycles. The molecule has 4 heteroatoms. The van der Waals surface area contributed by atoms with E-state index in [1.165, 1.54) is 0 Å². The fourth-order valence-corrected chi connectivity index (χ4v) is 1.43. The predicted octanol–water partition coefficient (Wildman–Crippen LogP) is 1.86. The average molecular weight is 227 g/mol. The van der Waals surface area contributed by atoms with E-state index >= 15 is 0 Å². The summed E-state index contributed by atoms with van der Waals surface area (Å²) >= 11 is 5.78. The van der Waals surface area contributed by atoms with Gasteiger partial charge in [-0.05, 0) is 31.5 Å². The topological polar surface area (TPSA) is 55.1 Å². The van der Waals surface area contributed by atoms with E-state index in [1.807, 2.05) is 31.2 Å². The van der Waals surface area contributed by atoms with Gasteiger partial charge in [-0.2, -0.15) is 0 Å². The maximum Gasteiger partial charge on any atom is 0.234 e. The van der Waals surface area contributed by atoms with Crippen LogP contribution in [-0.2, 0) is 4.79 Å². The molecule has 0 aliphatic heterocycles. The summed E-state index contributed by atoms with van der Waals surface area (Å²) in [6.45, 7) is 3.72. The first-order valence-electron chi connectivity index (χ1n) is 4.81. The molecule has 82 valence electrons. The average Bonchev–Trinajstić information content (AvgIpc) is 2.18. The number of carbonyl (C=O) groups is 1. The van der Waals surface area contributed by atoms with Crippen LogP contribution in [0.3, 0.4) is 0 Å². The van der Waals surface area contributed by atoms with Crippen molar-refractivity contribution in [3.05, 3.63) is 34.9 Å². The lowest BCUT2D eigenvalue weighted by Crippen LogP contribution is -2.39. The molecule has 0 saturated carbocycles. The Hall–Kier alpha value is -1.06. The van der Waals surface area contributed by atoms with Crippen molar-refractivity contribution < 1.29 is 4.79 Å². The van der Waals surface area contributed by atoms with Crippen molar-refractivity contribution in [1.29, 1.82) is 0 Å². The largest absolute Gasteiger partial charge is 0.368 e. The zero-order valence-corrected chi connectivity index (χ0v) is 9.58. The van der Waals surface area contributed by atoms with Gasteiger partial charge in [-0.3, -0.25) is 10.1 Å². The molecule has 3 nitrogen and oxygen atoms in total. The third-order valence-electron chi connectivity index (χ3n) is 2.30. The van der Waals surface area contributed by atoms with Crippen LogP contribution in [0.4, 0.5) is 0 Å². The van der Waals surface area contributed by atoms with Gasteiger partial charge in [-0.15, -0.1) is 0 Å². The number of amides is 1. The highest BCUT2D eigenvalue weighted by atomic mass is 35.5. The Morgan fingerprint density at radius 2 is 1.87 bits per heavy atom. The van der Waals surface area contributed by atoms with Crippen molar-refractivity contribution in [2.75, 3.05) is 0 Å². The molecule has 0 aromatic heterocycles. The van der Waals surface area contributed by atoms with Gasteiger partial charge in [-0.1, -0.05) is 23.7 Å². The number of halogens is 1. The fraction of sp³-hybridized carbons (Fsp3) is 0.364. The summed E-state index contributed by atoms with van der Waals surface area (Å²) in [7, 11) is 0. The number of carbonyl (C=O) groups excluding carboxylic acids is 1. The highest BCUT2D eigenvalue weighted by Gasteiger charge is 2.12. The number of rotatable bonds is 4. The van der Waals surface area contributed by atoms with E-state index in [2.05, 4.69) is 5.32 Å². The van der Waals surface area contributed by atoms with Gasteiger partial charge in [-0.25, -0.2) is 0 Å². The molecule has 15 heavy (non-hydrogen) atoms. The molecule has 0 spiro atoms. The van der Waals surface area contributed by atoms with E-state index in [0.29, 0.717) is 5.02 Å². The standard InChI is InChI=1S/C11H15ClN2O/c1-7(14-8(2)11(13)15)9-3-5-10(12)6-4-9/h3-8,14H,1-2H3,(H2,13,15)/t7-,8-/m1/s1. The normalized spacial score (nSPS) is 14.6. The van der Waals surface area contributed by atoms with Gasteiger partial charge in [0, 0.05) is 11.1 Å². The molecule has 0 radical (unpaired) electrons. The summed E-state index contributed by atoms with van der Waals surface area (Å²) in [4.78, 5) is 10.9. The first-order chi connectivity index (χ1) is 7.00. The van der Waals surface area contributed by atoms with Crippen LogP contribution in [0.2, 0.25) is 5.02 Å². The number of hydrogen-bond donors (Lipinski definition) is 2. The molecular weight excluding hydrogens is 212 g/mol. The number of nitrogens with one attached hydrogen (secondary N) is 1. The second-order valence-corrected chi connectivity index (χ2v) is 4.00. The van der Waals surface area contributed by atoms with Crippen LogP contribution in [0.5, 0.6) is 0 Å². The third kappa shape index (κ3) is 3.53. The highest BCUT2D eigenvalue weighted by Crippen LogP contribution is 2.16. The minimum atomic E-state index is -0.351. The molecule has 0 saturated heterocycles. The van der Waals surface area contributed by atoms with Crippen LogP contribution in [0.25, 0.3) is 0 Å². The summed E-state index contributed by atoms with van der Waals surface area (Å²) in [5.74, 6) is -0.351. The molecule has 1 rings (SSSR count). The van der Waals surface area contributed by atoms with E-state index in [1.54, 1.807) is 6.92 Å². The van der Waals surface area contributed by atoms with Gasteiger partial charge in [0.15, 0.2) is 0 Å². The van der Waals surface area contributed by atoms with Gasteiger partial charge >= 0.3 is 0 Å². The Kier molecular flexibility index (Phi) is 4.12. The Labute approximate surface area is 94.6 Å². The van der Waals surface area contributed by atoms with Crippen molar-refractivity contribution in [3.63, 3.8) is 0 Å². The molecule has 0 unspecified atom stereocenters. The Bertz CT molecular complexity index is 337.